The van der Waals surface area contributed by atoms with Crippen molar-refractivity contribution in [1.82, 2.24) is 0 Å². The van der Waals surface area contributed by atoms with Crippen LogP contribution in [-0.2, 0) is 21.7 Å². The fourth-order valence-electron chi connectivity index (χ4n) is 2.54. The minimum atomic E-state index is -0.0284. The van der Waals surface area contributed by atoms with Gasteiger partial charge in [0.25, 0.3) is 0 Å². The van der Waals surface area contributed by atoms with Gasteiger partial charge in [0.05, 0.1) is 0 Å². The van der Waals surface area contributed by atoms with Gasteiger partial charge in [0.15, 0.2) is 0 Å². The molecule has 4 aromatic rings. The summed E-state index contributed by atoms with van der Waals surface area (Å²) in [7, 11) is 0. The predicted octanol–water partition coefficient (Wildman–Crippen LogP) is 3.35. The Morgan fingerprint density at radius 1 is 0.576 bits per heavy atom. The molecule has 4 aromatic carbocycles. The number of rotatable bonds is 2. The normalized spacial score (nSPS) is 9.09. The average molecular weight is 482 g/mol. The first-order valence-corrected chi connectivity index (χ1v) is 9.66. The third kappa shape index (κ3) is 10.3. The monoisotopic (exact) mass is 482 g/mol. The summed E-state index contributed by atoms with van der Waals surface area (Å²) < 4.78 is 0. The number of hydrogen-bond donors (Lipinski definition) is 0. The predicted molar refractivity (Wildman–Crippen MR) is 119 cm³/mol. The number of hydrogen-bond acceptors (Lipinski definition) is 8. The van der Waals surface area contributed by atoms with Crippen molar-refractivity contribution >= 4 is 32.9 Å². The Labute approximate surface area is 206 Å². The van der Waals surface area contributed by atoms with Crippen LogP contribution in [0, 0.1) is 9.81 Å². The van der Waals surface area contributed by atoms with Crippen molar-refractivity contribution in [1.29, 1.82) is 0 Å². The van der Waals surface area contributed by atoms with Gasteiger partial charge < -0.3 is 20.4 Å². The van der Waals surface area contributed by atoms with E-state index in [1.165, 1.54) is 24.3 Å². The zero-order chi connectivity index (χ0) is 23.9. The molecule has 0 saturated heterocycles. The summed E-state index contributed by atoms with van der Waals surface area (Å²) in [4.78, 5) is 20.4. The van der Waals surface area contributed by atoms with E-state index in [0.717, 1.165) is 21.5 Å². The van der Waals surface area contributed by atoms with Gasteiger partial charge in [-0.2, -0.15) is 0 Å². The first-order valence-electron chi connectivity index (χ1n) is 9.66. The number of benzene rings is 4. The van der Waals surface area contributed by atoms with Gasteiger partial charge in [0.1, 0.15) is 11.4 Å². The molecule has 0 N–H and O–H groups in total. The molecule has 8 nitrogen and oxygen atoms in total. The molecule has 0 bridgehead atoms. The molecule has 0 aromatic heterocycles. The molecule has 0 fully saturated rings. The molecule has 0 aliphatic carbocycles. The maximum absolute atomic E-state index is 11.0. The van der Waals surface area contributed by atoms with Crippen molar-refractivity contribution in [2.75, 3.05) is 13.2 Å². The van der Waals surface area contributed by atoms with E-state index >= 15 is 0 Å². The quantitative estimate of drug-likeness (QED) is 0.316. The van der Waals surface area contributed by atoms with E-state index in [9.17, 15) is 20.0 Å². The summed E-state index contributed by atoms with van der Waals surface area (Å²) in [6.45, 7) is 3.14. The molecule has 0 aliphatic heterocycles. The molecule has 33 heavy (non-hydrogen) atoms. The fraction of sp³-hybridized carbons (Fsp3) is 0.167. The van der Waals surface area contributed by atoms with Crippen molar-refractivity contribution in [2.24, 2.45) is 10.4 Å². The zero-order valence-corrected chi connectivity index (χ0v) is 19.7. The van der Waals surface area contributed by atoms with Gasteiger partial charge in [-0.3, -0.25) is 0 Å². The Morgan fingerprint density at radius 3 is 1.15 bits per heavy atom. The smallest absolute Gasteiger partial charge is 0.872 e. The summed E-state index contributed by atoms with van der Waals surface area (Å²) in [5.41, 5.74) is 0.761. The van der Waals surface area contributed by atoms with E-state index in [0.29, 0.717) is 11.4 Å². The van der Waals surface area contributed by atoms with Crippen molar-refractivity contribution in [2.45, 2.75) is 13.8 Å². The SMILES string of the molecule is CC[O-].CC[O-].O=Nc1ccc2cc([O-])ccc2c1.O=Nc1ccc2cc([O-])ccc2c1.[Ti+4]. The van der Waals surface area contributed by atoms with Crippen LogP contribution < -0.4 is 20.4 Å². The van der Waals surface area contributed by atoms with E-state index in [2.05, 4.69) is 10.4 Å². The van der Waals surface area contributed by atoms with Crippen molar-refractivity contribution in [3.05, 3.63) is 82.6 Å². The van der Waals surface area contributed by atoms with Crippen LogP contribution in [0.3, 0.4) is 0 Å². The summed E-state index contributed by atoms with van der Waals surface area (Å²) in [6.07, 6.45) is 0. The van der Waals surface area contributed by atoms with Crippen LogP contribution in [0.2, 0.25) is 0 Å². The molecule has 0 saturated carbocycles. The Balaban J connectivity index is 0.000000491. The van der Waals surface area contributed by atoms with Gasteiger partial charge in [-0.1, -0.05) is 62.4 Å². The third-order valence-corrected chi connectivity index (χ3v) is 3.80. The largest absolute Gasteiger partial charge is 4.00 e. The van der Waals surface area contributed by atoms with Crippen molar-refractivity contribution < 1.29 is 42.1 Å². The summed E-state index contributed by atoms with van der Waals surface area (Å²) >= 11 is 0. The number of fused-ring (bicyclic) bond motifs is 2. The van der Waals surface area contributed by atoms with Gasteiger partial charge in [-0.25, -0.2) is 0 Å². The maximum Gasteiger partial charge on any atom is 4.00 e. The van der Waals surface area contributed by atoms with E-state index in [1.54, 1.807) is 62.4 Å². The topological polar surface area (TPSA) is 151 Å². The molecule has 9 heteroatoms. The van der Waals surface area contributed by atoms with Gasteiger partial charge in [-0.15, -0.1) is 34.5 Å². The van der Waals surface area contributed by atoms with Crippen LogP contribution in [0.1, 0.15) is 13.8 Å². The van der Waals surface area contributed by atoms with Crippen LogP contribution in [-0.4, -0.2) is 13.2 Å². The molecule has 0 spiro atoms. The van der Waals surface area contributed by atoms with Gasteiger partial charge in [0, 0.05) is 0 Å². The number of nitrogens with zero attached hydrogens (tertiary/aromatic N) is 2. The third-order valence-electron chi connectivity index (χ3n) is 3.80. The molecule has 0 radical (unpaired) electrons. The zero-order valence-electron chi connectivity index (χ0n) is 18.2. The van der Waals surface area contributed by atoms with E-state index in [1.807, 2.05) is 0 Å². The molecule has 0 atom stereocenters. The Kier molecular flexibility index (Phi) is 14.9. The van der Waals surface area contributed by atoms with Gasteiger partial charge in [0.2, 0.25) is 0 Å². The molecule has 4 rings (SSSR count). The first-order chi connectivity index (χ1) is 15.4. The fourth-order valence-corrected chi connectivity index (χ4v) is 2.54. The second-order valence-corrected chi connectivity index (χ2v) is 6.15. The van der Waals surface area contributed by atoms with Crippen LogP contribution in [0.25, 0.3) is 21.5 Å². The van der Waals surface area contributed by atoms with E-state index in [4.69, 9.17) is 10.2 Å². The van der Waals surface area contributed by atoms with Crippen LogP contribution in [0.5, 0.6) is 11.5 Å². The summed E-state index contributed by atoms with van der Waals surface area (Å²) in [5, 5.41) is 48.8. The molecule has 0 unspecified atom stereocenters. The van der Waals surface area contributed by atoms with E-state index in [-0.39, 0.29) is 46.4 Å². The van der Waals surface area contributed by atoms with Crippen molar-refractivity contribution in [3.8, 4) is 11.5 Å². The summed E-state index contributed by atoms with van der Waals surface area (Å²) in [5.74, 6) is -0.0568. The Bertz CT molecular complexity index is 1060. The Morgan fingerprint density at radius 2 is 0.848 bits per heavy atom. The molecule has 0 heterocycles. The molecular weight excluding hydrogens is 460 g/mol. The minimum absolute atomic E-state index is 0. The molecular formula is C24H22N2O6Ti. The van der Waals surface area contributed by atoms with Gasteiger partial charge >= 0.3 is 21.7 Å². The van der Waals surface area contributed by atoms with Crippen LogP contribution in [0.4, 0.5) is 11.4 Å². The standard InChI is InChI=1S/2C10H7NO2.2C2H5O.Ti/c2*12-10-4-2-7-5-9(11-13)3-1-8(7)6-10;2*1-2-3;/h2*1-6,12H;2*2H2,1H3;/q;;2*-1;+4/p-2. The number of nitroso groups, excluding NO2 is 2. The van der Waals surface area contributed by atoms with Crippen molar-refractivity contribution in [3.63, 3.8) is 0 Å². The molecule has 0 aliphatic rings. The molecule has 168 valence electrons. The molecule has 0 amide bonds. The minimum Gasteiger partial charge on any atom is -0.872 e. The first kappa shape index (κ1) is 29.8. The van der Waals surface area contributed by atoms with Crippen LogP contribution in [0.15, 0.2) is 83.2 Å². The average Bonchev–Trinajstić information content (AvgIpc) is 2.80. The Hall–Kier alpha value is -3.17. The second kappa shape index (κ2) is 16.5. The summed E-state index contributed by atoms with van der Waals surface area (Å²) in [6, 6.07) is 19.3. The maximum atomic E-state index is 11.0. The van der Waals surface area contributed by atoms with Gasteiger partial charge in [-0.05, 0) is 56.2 Å². The second-order valence-electron chi connectivity index (χ2n) is 6.15. The van der Waals surface area contributed by atoms with Crippen LogP contribution >= 0.6 is 0 Å². The van der Waals surface area contributed by atoms with E-state index < -0.39 is 0 Å².